The molecule has 0 aliphatic carbocycles. The van der Waals surface area contributed by atoms with Gasteiger partial charge in [0.1, 0.15) is 16.1 Å². The van der Waals surface area contributed by atoms with Crippen LogP contribution in [0, 0.1) is 5.41 Å². The summed E-state index contributed by atoms with van der Waals surface area (Å²) in [6.07, 6.45) is 0. The van der Waals surface area contributed by atoms with Crippen LogP contribution >= 0.6 is 11.3 Å². The fraction of sp³-hybridized carbons (Fsp3) is 0.545. The molecule has 0 aromatic carbocycles. The molecule has 104 valence electrons. The van der Waals surface area contributed by atoms with Gasteiger partial charge in [0, 0.05) is 11.9 Å². The largest absolute Gasteiger partial charge is 0.481 e. The molecule has 2 unspecified atom stereocenters. The Kier molecular flexibility index (Phi) is 3.83. The van der Waals surface area contributed by atoms with E-state index in [1.807, 2.05) is 0 Å². The first-order chi connectivity index (χ1) is 8.97. The summed E-state index contributed by atoms with van der Waals surface area (Å²) in [6.45, 7) is 2.10. The van der Waals surface area contributed by atoms with Crippen LogP contribution in [0.2, 0.25) is 0 Å². The minimum atomic E-state index is -1.11. The van der Waals surface area contributed by atoms with Crippen molar-refractivity contribution in [1.29, 1.82) is 0 Å². The number of aromatic nitrogens is 1. The minimum absolute atomic E-state index is 0.0817. The molecule has 0 bridgehead atoms. The quantitative estimate of drug-likeness (QED) is 0.707. The molecule has 1 amide bonds. The zero-order valence-electron chi connectivity index (χ0n) is 10.4. The van der Waals surface area contributed by atoms with Gasteiger partial charge in [0.15, 0.2) is 0 Å². The van der Waals surface area contributed by atoms with Crippen molar-refractivity contribution in [3.63, 3.8) is 0 Å². The molecule has 0 spiro atoms. The number of hydrogen-bond donors (Lipinski definition) is 3. The second-order valence-electron chi connectivity index (χ2n) is 4.59. The maximum Gasteiger partial charge on any atom is 0.313 e. The van der Waals surface area contributed by atoms with Crippen molar-refractivity contribution in [2.45, 2.75) is 19.5 Å². The van der Waals surface area contributed by atoms with E-state index in [9.17, 15) is 14.7 Å². The Morgan fingerprint density at radius 1 is 1.74 bits per heavy atom. The van der Waals surface area contributed by atoms with E-state index in [1.54, 1.807) is 12.3 Å². The van der Waals surface area contributed by atoms with E-state index >= 15 is 0 Å². The van der Waals surface area contributed by atoms with Crippen molar-refractivity contribution in [3.05, 3.63) is 16.1 Å². The second kappa shape index (κ2) is 5.24. The van der Waals surface area contributed by atoms with Crippen molar-refractivity contribution < 1.29 is 19.4 Å². The Balaban J connectivity index is 2.08. The van der Waals surface area contributed by atoms with E-state index in [4.69, 9.17) is 10.5 Å². The van der Waals surface area contributed by atoms with E-state index in [0.717, 1.165) is 0 Å². The summed E-state index contributed by atoms with van der Waals surface area (Å²) in [6, 6.07) is -0.569. The summed E-state index contributed by atoms with van der Waals surface area (Å²) in [5.41, 5.74) is 4.57. The summed E-state index contributed by atoms with van der Waals surface area (Å²) < 4.78 is 5.16. The first-order valence-corrected chi connectivity index (χ1v) is 6.62. The van der Waals surface area contributed by atoms with Gasteiger partial charge < -0.3 is 20.9 Å². The molecule has 7 nitrogen and oxygen atoms in total. The molecule has 1 fully saturated rings. The molecular formula is C11H15N3O4S. The molecule has 2 heterocycles. The number of nitrogens with one attached hydrogen (secondary N) is 1. The summed E-state index contributed by atoms with van der Waals surface area (Å²) >= 11 is 1.30. The van der Waals surface area contributed by atoms with Crippen LogP contribution in [0.5, 0.6) is 0 Å². The number of carbonyl (C=O) groups is 2. The predicted molar refractivity (Wildman–Crippen MR) is 67.8 cm³/mol. The predicted octanol–water partition coefficient (Wildman–Crippen LogP) is -0.179. The van der Waals surface area contributed by atoms with Crippen LogP contribution in [0.4, 0.5) is 0 Å². The lowest BCUT2D eigenvalue weighted by Crippen LogP contribution is -2.49. The number of carboxylic acids is 1. The topological polar surface area (TPSA) is 115 Å². The van der Waals surface area contributed by atoms with Crippen molar-refractivity contribution in [2.75, 3.05) is 13.2 Å². The summed E-state index contributed by atoms with van der Waals surface area (Å²) in [5, 5.41) is 14.1. The van der Waals surface area contributed by atoms with E-state index in [1.165, 1.54) is 11.3 Å². The molecule has 19 heavy (non-hydrogen) atoms. The van der Waals surface area contributed by atoms with Crippen LogP contribution in [0.15, 0.2) is 5.38 Å². The summed E-state index contributed by atoms with van der Waals surface area (Å²) in [4.78, 5) is 27.3. The van der Waals surface area contributed by atoms with Gasteiger partial charge in [-0.1, -0.05) is 0 Å². The molecule has 1 aliphatic heterocycles. The SMILES string of the molecule is CC1(C(=O)O)COCC1NC(=O)c1csc(CN)n1. The number of amides is 1. The van der Waals surface area contributed by atoms with Gasteiger partial charge in [-0.2, -0.15) is 0 Å². The van der Waals surface area contributed by atoms with Crippen LogP contribution in [0.1, 0.15) is 22.4 Å². The minimum Gasteiger partial charge on any atom is -0.481 e. The molecule has 1 aromatic rings. The average molecular weight is 285 g/mol. The fourth-order valence-electron chi connectivity index (χ4n) is 1.83. The lowest BCUT2D eigenvalue weighted by molar-refractivity contribution is -0.148. The van der Waals surface area contributed by atoms with E-state index in [-0.39, 0.29) is 25.5 Å². The van der Waals surface area contributed by atoms with Crippen LogP contribution in [0.3, 0.4) is 0 Å². The van der Waals surface area contributed by atoms with Gasteiger partial charge in [-0.15, -0.1) is 11.3 Å². The number of ether oxygens (including phenoxy) is 1. The Bertz CT molecular complexity index is 504. The fourth-order valence-corrected chi connectivity index (χ4v) is 2.48. The third kappa shape index (κ3) is 2.60. The number of carbonyl (C=O) groups excluding carboxylic acids is 1. The maximum absolute atomic E-state index is 12.0. The number of rotatable bonds is 4. The Hall–Kier alpha value is -1.51. The van der Waals surface area contributed by atoms with Crippen LogP contribution < -0.4 is 11.1 Å². The van der Waals surface area contributed by atoms with E-state index < -0.39 is 23.3 Å². The highest BCUT2D eigenvalue weighted by Crippen LogP contribution is 2.29. The molecular weight excluding hydrogens is 270 g/mol. The lowest BCUT2D eigenvalue weighted by atomic mass is 9.85. The van der Waals surface area contributed by atoms with Crippen LogP contribution in [0.25, 0.3) is 0 Å². The third-order valence-corrected chi connectivity index (χ3v) is 4.08. The van der Waals surface area contributed by atoms with Gasteiger partial charge in [0.2, 0.25) is 0 Å². The zero-order valence-corrected chi connectivity index (χ0v) is 11.2. The van der Waals surface area contributed by atoms with Gasteiger partial charge in [0.05, 0.1) is 19.3 Å². The lowest BCUT2D eigenvalue weighted by Gasteiger charge is -2.25. The number of nitrogens with zero attached hydrogens (tertiary/aromatic N) is 1. The first-order valence-electron chi connectivity index (χ1n) is 5.74. The number of carboxylic acid groups (broad SMARTS) is 1. The number of hydrogen-bond acceptors (Lipinski definition) is 6. The molecule has 4 N–H and O–H groups in total. The number of thiazole rings is 1. The van der Waals surface area contributed by atoms with Crippen LogP contribution in [-0.4, -0.2) is 41.2 Å². The highest BCUT2D eigenvalue weighted by molar-refractivity contribution is 7.09. The van der Waals surface area contributed by atoms with Gasteiger partial charge in [0.25, 0.3) is 5.91 Å². The normalized spacial score (nSPS) is 26.3. The van der Waals surface area contributed by atoms with Crippen LogP contribution in [-0.2, 0) is 16.1 Å². The molecule has 1 aliphatic rings. The number of nitrogens with two attached hydrogens (primary N) is 1. The van der Waals surface area contributed by atoms with Crippen molar-refractivity contribution in [2.24, 2.45) is 11.1 Å². The highest BCUT2D eigenvalue weighted by atomic mass is 32.1. The van der Waals surface area contributed by atoms with Crippen molar-refractivity contribution in [3.8, 4) is 0 Å². The smallest absolute Gasteiger partial charge is 0.313 e. The van der Waals surface area contributed by atoms with Gasteiger partial charge in [-0.25, -0.2) is 4.98 Å². The third-order valence-electron chi connectivity index (χ3n) is 3.21. The molecule has 8 heteroatoms. The first kappa shape index (κ1) is 13.9. The molecule has 0 radical (unpaired) electrons. The molecule has 1 saturated heterocycles. The molecule has 1 aromatic heterocycles. The van der Waals surface area contributed by atoms with Crippen molar-refractivity contribution >= 4 is 23.2 Å². The van der Waals surface area contributed by atoms with Gasteiger partial charge in [-0.05, 0) is 6.92 Å². The Morgan fingerprint density at radius 2 is 2.47 bits per heavy atom. The molecule has 0 saturated carbocycles. The highest BCUT2D eigenvalue weighted by Gasteiger charge is 2.47. The average Bonchev–Trinajstić information content (AvgIpc) is 2.97. The monoisotopic (exact) mass is 285 g/mol. The van der Waals surface area contributed by atoms with Gasteiger partial charge >= 0.3 is 5.97 Å². The number of aliphatic carboxylic acids is 1. The summed E-state index contributed by atoms with van der Waals surface area (Å²) in [5.74, 6) is -1.39. The summed E-state index contributed by atoms with van der Waals surface area (Å²) in [7, 11) is 0. The standard InChI is InChI=1S/C11H15N3O4S/c1-11(10(16)17)5-18-3-7(11)14-9(15)6-4-19-8(2-12)13-6/h4,7H,2-3,5,12H2,1H3,(H,14,15)(H,16,17). The second-order valence-corrected chi connectivity index (χ2v) is 5.54. The Labute approximate surface area is 113 Å². The molecule has 2 rings (SSSR count). The maximum atomic E-state index is 12.0. The Morgan fingerprint density at radius 3 is 3.05 bits per heavy atom. The zero-order chi connectivity index (χ0) is 14.0. The van der Waals surface area contributed by atoms with E-state index in [0.29, 0.717) is 5.01 Å². The van der Waals surface area contributed by atoms with Crippen molar-refractivity contribution in [1.82, 2.24) is 10.3 Å². The van der Waals surface area contributed by atoms with Gasteiger partial charge in [-0.3, -0.25) is 9.59 Å². The van der Waals surface area contributed by atoms with E-state index in [2.05, 4.69) is 10.3 Å². The molecule has 2 atom stereocenters.